The van der Waals surface area contributed by atoms with Crippen molar-refractivity contribution in [2.45, 2.75) is 13.5 Å². The Hall–Kier alpha value is -2.06. The Labute approximate surface area is 122 Å². The van der Waals surface area contributed by atoms with Crippen molar-refractivity contribution < 1.29 is 4.79 Å². The molecule has 0 fully saturated rings. The summed E-state index contributed by atoms with van der Waals surface area (Å²) < 4.78 is 1.98. The topological polar surface area (TPSA) is 22.0 Å². The molecule has 0 radical (unpaired) electrons. The lowest BCUT2D eigenvalue weighted by Crippen LogP contribution is -2.09. The second kappa shape index (κ2) is 5.14. The van der Waals surface area contributed by atoms with Crippen molar-refractivity contribution in [3.05, 3.63) is 70.9 Å². The van der Waals surface area contributed by atoms with Crippen LogP contribution in [0.1, 0.15) is 15.9 Å². The number of hydrogen-bond acceptors (Lipinski definition) is 1. The van der Waals surface area contributed by atoms with Crippen molar-refractivity contribution in [2.24, 2.45) is 0 Å². The van der Waals surface area contributed by atoms with E-state index in [1.165, 1.54) is 10.9 Å². The van der Waals surface area contributed by atoms with Crippen LogP contribution in [0.5, 0.6) is 0 Å². The van der Waals surface area contributed by atoms with Crippen LogP contribution >= 0.6 is 11.6 Å². The van der Waals surface area contributed by atoms with Crippen LogP contribution in [-0.4, -0.2) is 10.4 Å². The first-order chi connectivity index (χ1) is 9.65. The number of aromatic nitrogens is 1. The Morgan fingerprint density at radius 3 is 2.75 bits per heavy atom. The Balaban J connectivity index is 1.94. The first-order valence-electron chi connectivity index (χ1n) is 6.48. The number of carbonyl (C=O) groups excluding carboxylic acids is 1. The average molecular weight is 284 g/mol. The van der Waals surface area contributed by atoms with Crippen molar-refractivity contribution in [1.82, 2.24) is 4.57 Å². The van der Waals surface area contributed by atoms with Gasteiger partial charge in [-0.15, -0.1) is 0 Å². The van der Waals surface area contributed by atoms with Crippen LogP contribution in [0.3, 0.4) is 0 Å². The van der Waals surface area contributed by atoms with Crippen molar-refractivity contribution >= 4 is 28.3 Å². The summed E-state index contributed by atoms with van der Waals surface area (Å²) in [4.78, 5) is 12.3. The fraction of sp³-hybridized carbons (Fsp3) is 0.118. The smallest absolute Gasteiger partial charge is 0.182 e. The van der Waals surface area contributed by atoms with Gasteiger partial charge in [-0.05, 0) is 36.8 Å². The van der Waals surface area contributed by atoms with Gasteiger partial charge in [0.2, 0.25) is 0 Å². The molecule has 0 saturated carbocycles. The van der Waals surface area contributed by atoms with Gasteiger partial charge in [-0.1, -0.05) is 35.9 Å². The number of halogens is 1. The van der Waals surface area contributed by atoms with Crippen molar-refractivity contribution in [3.63, 3.8) is 0 Å². The van der Waals surface area contributed by atoms with Gasteiger partial charge in [-0.25, -0.2) is 0 Å². The maximum absolute atomic E-state index is 12.3. The van der Waals surface area contributed by atoms with Gasteiger partial charge >= 0.3 is 0 Å². The highest BCUT2D eigenvalue weighted by atomic mass is 35.5. The molecule has 2 aromatic carbocycles. The van der Waals surface area contributed by atoms with E-state index in [1.807, 2.05) is 22.9 Å². The van der Waals surface area contributed by atoms with Crippen LogP contribution in [0.4, 0.5) is 0 Å². The largest absolute Gasteiger partial charge is 0.340 e. The van der Waals surface area contributed by atoms with Crippen molar-refractivity contribution in [1.29, 1.82) is 0 Å². The highest BCUT2D eigenvalue weighted by molar-refractivity contribution is 6.31. The van der Waals surface area contributed by atoms with Gasteiger partial charge in [-0.3, -0.25) is 4.79 Å². The molecule has 0 atom stereocenters. The van der Waals surface area contributed by atoms with Gasteiger partial charge in [0, 0.05) is 27.7 Å². The lowest BCUT2D eigenvalue weighted by atomic mass is 10.1. The minimum atomic E-state index is 0.0616. The molecule has 1 aromatic heterocycles. The minimum Gasteiger partial charge on any atom is -0.340 e. The molecule has 1 heterocycles. The predicted octanol–water partition coefficient (Wildman–Crippen LogP) is 4.49. The molecule has 0 aliphatic heterocycles. The van der Waals surface area contributed by atoms with Crippen molar-refractivity contribution in [3.8, 4) is 0 Å². The average Bonchev–Trinajstić information content (AvgIpc) is 2.83. The molecule has 2 nitrogen and oxygen atoms in total. The molecule has 0 bridgehead atoms. The summed E-state index contributed by atoms with van der Waals surface area (Å²) in [6, 6.07) is 15.2. The molecule has 0 N–H and O–H groups in total. The first-order valence-corrected chi connectivity index (χ1v) is 6.86. The number of ketones is 1. The van der Waals surface area contributed by atoms with Gasteiger partial charge in [0.1, 0.15) is 0 Å². The standard InChI is InChI=1S/C17H14ClNO/c1-12-4-2-7-16-15(12)8-9-19(16)11-17(20)13-5-3-6-14(18)10-13/h2-10H,11H2,1H3. The molecule has 0 unspecified atom stereocenters. The molecule has 20 heavy (non-hydrogen) atoms. The highest BCUT2D eigenvalue weighted by Crippen LogP contribution is 2.20. The lowest BCUT2D eigenvalue weighted by Gasteiger charge is -2.06. The molecule has 100 valence electrons. The van der Waals surface area contributed by atoms with Crippen LogP contribution in [0.2, 0.25) is 5.02 Å². The number of Topliss-reactive ketones (excluding diaryl/α,β-unsaturated/α-hetero) is 1. The summed E-state index contributed by atoms with van der Waals surface area (Å²) in [5.74, 6) is 0.0616. The second-order valence-electron chi connectivity index (χ2n) is 4.88. The first kappa shape index (κ1) is 12.9. The van der Waals surface area contributed by atoms with Crippen molar-refractivity contribution in [2.75, 3.05) is 0 Å². The number of rotatable bonds is 3. The fourth-order valence-electron chi connectivity index (χ4n) is 2.42. The van der Waals surface area contributed by atoms with Crippen LogP contribution in [0.15, 0.2) is 54.7 Å². The molecule has 3 rings (SSSR count). The monoisotopic (exact) mass is 283 g/mol. The Morgan fingerprint density at radius 1 is 1.15 bits per heavy atom. The number of nitrogens with zero attached hydrogens (tertiary/aromatic N) is 1. The maximum atomic E-state index is 12.3. The molecule has 0 saturated heterocycles. The SMILES string of the molecule is Cc1cccc2c1ccn2CC(=O)c1cccc(Cl)c1. The van der Waals surface area contributed by atoms with E-state index >= 15 is 0 Å². The normalized spacial score (nSPS) is 10.9. The number of fused-ring (bicyclic) bond motifs is 1. The van der Waals surface area contributed by atoms with E-state index in [-0.39, 0.29) is 5.78 Å². The minimum absolute atomic E-state index is 0.0616. The summed E-state index contributed by atoms with van der Waals surface area (Å²) >= 11 is 5.93. The van der Waals surface area contributed by atoms with Crippen LogP contribution in [0.25, 0.3) is 10.9 Å². The number of aryl methyl sites for hydroxylation is 1. The fourth-order valence-corrected chi connectivity index (χ4v) is 2.61. The Bertz CT molecular complexity index is 789. The van der Waals surface area contributed by atoms with Crippen LogP contribution < -0.4 is 0 Å². The van der Waals surface area contributed by atoms with E-state index in [0.29, 0.717) is 17.1 Å². The van der Waals surface area contributed by atoms with E-state index in [0.717, 1.165) is 5.52 Å². The summed E-state index contributed by atoms with van der Waals surface area (Å²) in [5.41, 5.74) is 2.95. The molecule has 0 aliphatic rings. The Kier molecular flexibility index (Phi) is 3.33. The molecule has 0 amide bonds. The third-order valence-electron chi connectivity index (χ3n) is 3.49. The summed E-state index contributed by atoms with van der Waals surface area (Å²) in [6.45, 7) is 2.40. The molecular formula is C17H14ClNO. The third kappa shape index (κ3) is 2.35. The summed E-state index contributed by atoms with van der Waals surface area (Å²) in [5, 5.41) is 1.77. The lowest BCUT2D eigenvalue weighted by molar-refractivity contribution is 0.0973. The second-order valence-corrected chi connectivity index (χ2v) is 5.32. The molecule has 0 spiro atoms. The molecule has 0 aliphatic carbocycles. The van der Waals surface area contributed by atoms with E-state index in [1.54, 1.807) is 24.3 Å². The zero-order valence-electron chi connectivity index (χ0n) is 11.1. The zero-order chi connectivity index (χ0) is 14.1. The molecular weight excluding hydrogens is 270 g/mol. The van der Waals surface area contributed by atoms with Crippen LogP contribution in [-0.2, 0) is 6.54 Å². The van der Waals surface area contributed by atoms with E-state index in [4.69, 9.17) is 11.6 Å². The maximum Gasteiger partial charge on any atom is 0.182 e. The van der Waals surface area contributed by atoms with E-state index in [2.05, 4.69) is 19.1 Å². The highest BCUT2D eigenvalue weighted by Gasteiger charge is 2.09. The van der Waals surface area contributed by atoms with Gasteiger partial charge < -0.3 is 4.57 Å². The quantitative estimate of drug-likeness (QED) is 0.649. The van der Waals surface area contributed by atoms with Gasteiger partial charge in [-0.2, -0.15) is 0 Å². The zero-order valence-corrected chi connectivity index (χ0v) is 11.9. The molecule has 3 aromatic rings. The Morgan fingerprint density at radius 2 is 1.95 bits per heavy atom. The van der Waals surface area contributed by atoms with E-state index in [9.17, 15) is 4.79 Å². The predicted molar refractivity (Wildman–Crippen MR) is 82.5 cm³/mol. The summed E-state index contributed by atoms with van der Waals surface area (Å²) in [7, 11) is 0. The third-order valence-corrected chi connectivity index (χ3v) is 3.73. The van der Waals surface area contributed by atoms with Crippen LogP contribution in [0, 0.1) is 6.92 Å². The van der Waals surface area contributed by atoms with Gasteiger partial charge in [0.05, 0.1) is 6.54 Å². The molecule has 3 heteroatoms. The number of hydrogen-bond donors (Lipinski definition) is 0. The number of benzene rings is 2. The summed E-state index contributed by atoms with van der Waals surface area (Å²) in [6.07, 6.45) is 1.96. The number of carbonyl (C=O) groups is 1. The van der Waals surface area contributed by atoms with Gasteiger partial charge in [0.25, 0.3) is 0 Å². The van der Waals surface area contributed by atoms with Gasteiger partial charge in [0.15, 0.2) is 5.78 Å². The van der Waals surface area contributed by atoms with E-state index < -0.39 is 0 Å².